The minimum atomic E-state index is -0.700. The number of hydrogen-bond donors (Lipinski definition) is 0. The van der Waals surface area contributed by atoms with Gasteiger partial charge in [-0.1, -0.05) is 36.4 Å². The summed E-state index contributed by atoms with van der Waals surface area (Å²) in [6, 6.07) is 14.6. The normalized spacial score (nSPS) is 20.8. The quantitative estimate of drug-likeness (QED) is 0.544. The zero-order valence-corrected chi connectivity index (χ0v) is 17.5. The predicted octanol–water partition coefficient (Wildman–Crippen LogP) is 5.01. The van der Waals surface area contributed by atoms with E-state index in [0.29, 0.717) is 12.1 Å². The maximum absolute atomic E-state index is 11.9. The molecule has 150 valence electrons. The Balaban J connectivity index is 1.74. The first kappa shape index (κ1) is 19.3. The molecule has 0 amide bonds. The van der Waals surface area contributed by atoms with Crippen molar-refractivity contribution in [2.75, 3.05) is 18.1 Å². The van der Waals surface area contributed by atoms with Crippen LogP contribution in [-0.2, 0) is 14.9 Å². The maximum atomic E-state index is 11.9. The van der Waals surface area contributed by atoms with Crippen molar-refractivity contribution < 1.29 is 14.3 Å². The molecule has 29 heavy (non-hydrogen) atoms. The number of esters is 1. The summed E-state index contributed by atoms with van der Waals surface area (Å²) in [5.41, 5.74) is 3.99. The lowest BCUT2D eigenvalue weighted by molar-refractivity contribution is -0.138. The van der Waals surface area contributed by atoms with Crippen molar-refractivity contribution in [3.8, 4) is 5.75 Å². The van der Waals surface area contributed by atoms with Crippen LogP contribution in [-0.4, -0.2) is 24.8 Å². The van der Waals surface area contributed by atoms with Crippen molar-refractivity contribution in [2.45, 2.75) is 38.8 Å². The molecule has 2 aliphatic heterocycles. The van der Waals surface area contributed by atoms with Crippen molar-refractivity contribution in [2.24, 2.45) is 0 Å². The van der Waals surface area contributed by atoms with Crippen LogP contribution in [0.4, 0.5) is 5.69 Å². The number of carbonyl (C=O) groups excluding carboxylic acids is 1. The summed E-state index contributed by atoms with van der Waals surface area (Å²) in [4.78, 5) is 14.1. The van der Waals surface area contributed by atoms with Crippen LogP contribution < -0.4 is 9.64 Å². The molecule has 0 radical (unpaired) electrons. The average molecular weight is 389 g/mol. The van der Waals surface area contributed by atoms with Crippen LogP contribution in [0.5, 0.6) is 5.75 Å². The summed E-state index contributed by atoms with van der Waals surface area (Å²) in [5, 5.41) is 0. The van der Waals surface area contributed by atoms with Crippen LogP contribution in [0.25, 0.3) is 6.08 Å². The van der Waals surface area contributed by atoms with Crippen LogP contribution in [0.2, 0.25) is 0 Å². The summed E-state index contributed by atoms with van der Waals surface area (Å²) >= 11 is 0. The van der Waals surface area contributed by atoms with E-state index in [0.717, 1.165) is 17.0 Å². The van der Waals surface area contributed by atoms with E-state index in [4.69, 9.17) is 9.47 Å². The van der Waals surface area contributed by atoms with Gasteiger partial charge in [-0.2, -0.15) is 0 Å². The summed E-state index contributed by atoms with van der Waals surface area (Å²) in [6.07, 6.45) is 4.29. The molecule has 0 saturated carbocycles. The average Bonchev–Trinajstić information content (AvgIpc) is 2.87. The Hall–Kier alpha value is -3.01. The molecular weight excluding hydrogens is 362 g/mol. The SMILES string of the molecule is C=C(C)C(=O)OCCN1c2ccccc2C(C)(C)[C@]12C=Cc1cc(C)ccc1O2. The van der Waals surface area contributed by atoms with Gasteiger partial charge in [-0.05, 0) is 63.6 Å². The van der Waals surface area contributed by atoms with E-state index < -0.39 is 5.72 Å². The molecule has 4 heteroatoms. The third-order valence-corrected chi connectivity index (χ3v) is 5.98. The number of ether oxygens (including phenoxy) is 2. The van der Waals surface area contributed by atoms with E-state index in [1.165, 1.54) is 11.1 Å². The first-order chi connectivity index (χ1) is 13.8. The third kappa shape index (κ3) is 2.94. The maximum Gasteiger partial charge on any atom is 0.333 e. The fourth-order valence-electron chi connectivity index (χ4n) is 4.36. The molecule has 2 heterocycles. The molecule has 4 nitrogen and oxygen atoms in total. The lowest BCUT2D eigenvalue weighted by atomic mass is 9.76. The fourth-order valence-corrected chi connectivity index (χ4v) is 4.36. The van der Waals surface area contributed by atoms with Gasteiger partial charge in [-0.3, -0.25) is 0 Å². The zero-order valence-electron chi connectivity index (χ0n) is 17.5. The van der Waals surface area contributed by atoms with Gasteiger partial charge in [0.1, 0.15) is 12.4 Å². The molecule has 0 saturated heterocycles. The number of aryl methyl sites for hydroxylation is 1. The standard InChI is InChI=1S/C25H27NO3/c1-17(2)23(27)28-15-14-26-21-9-7-6-8-20(21)24(4,5)25(26)13-12-19-16-18(3)10-11-22(19)29-25/h6-13,16H,1,14-15H2,2-5H3/t25-/m1/s1. The van der Waals surface area contributed by atoms with Crippen LogP contribution >= 0.6 is 0 Å². The molecule has 0 aromatic heterocycles. The fraction of sp³-hybridized carbons (Fsp3) is 0.320. The molecular formula is C25H27NO3. The van der Waals surface area contributed by atoms with Crippen molar-refractivity contribution in [1.82, 2.24) is 0 Å². The predicted molar refractivity (Wildman–Crippen MR) is 116 cm³/mol. The van der Waals surface area contributed by atoms with Gasteiger partial charge in [0.15, 0.2) is 0 Å². The van der Waals surface area contributed by atoms with E-state index in [1.807, 2.05) is 12.1 Å². The highest BCUT2D eigenvalue weighted by Gasteiger charge is 2.58. The number of anilines is 1. The highest BCUT2D eigenvalue weighted by molar-refractivity contribution is 5.87. The highest BCUT2D eigenvalue weighted by Crippen LogP contribution is 2.54. The minimum absolute atomic E-state index is 0.260. The largest absolute Gasteiger partial charge is 0.463 e. The second-order valence-electron chi connectivity index (χ2n) is 8.38. The lowest BCUT2D eigenvalue weighted by Gasteiger charge is -2.47. The van der Waals surface area contributed by atoms with Crippen LogP contribution in [0.15, 0.2) is 60.7 Å². The van der Waals surface area contributed by atoms with Gasteiger partial charge in [0, 0.05) is 16.8 Å². The van der Waals surface area contributed by atoms with Crippen LogP contribution in [0.1, 0.15) is 37.5 Å². The van der Waals surface area contributed by atoms with Gasteiger partial charge in [-0.15, -0.1) is 0 Å². The van der Waals surface area contributed by atoms with Gasteiger partial charge in [-0.25, -0.2) is 4.79 Å². The Labute approximate surface area is 172 Å². The Morgan fingerprint density at radius 1 is 1.21 bits per heavy atom. The summed E-state index contributed by atoms with van der Waals surface area (Å²) < 4.78 is 12.1. The van der Waals surface area contributed by atoms with Crippen LogP contribution in [0.3, 0.4) is 0 Å². The van der Waals surface area contributed by atoms with Gasteiger partial charge in [0.25, 0.3) is 0 Å². The van der Waals surface area contributed by atoms with Gasteiger partial charge in [0.2, 0.25) is 5.72 Å². The molecule has 0 unspecified atom stereocenters. The molecule has 4 rings (SSSR count). The number of fused-ring (bicyclic) bond motifs is 2. The number of carbonyl (C=O) groups is 1. The molecule has 0 aliphatic carbocycles. The Morgan fingerprint density at radius 2 is 1.97 bits per heavy atom. The molecule has 0 N–H and O–H groups in total. The smallest absolute Gasteiger partial charge is 0.333 e. The summed E-state index contributed by atoms with van der Waals surface area (Å²) in [5.74, 6) is 0.495. The second-order valence-corrected chi connectivity index (χ2v) is 8.38. The molecule has 2 aromatic carbocycles. The number of nitrogens with zero attached hydrogens (tertiary/aromatic N) is 1. The summed E-state index contributed by atoms with van der Waals surface area (Å²) in [6.45, 7) is 12.6. The Morgan fingerprint density at radius 3 is 2.72 bits per heavy atom. The van der Waals surface area contributed by atoms with Gasteiger partial charge < -0.3 is 14.4 Å². The van der Waals surface area contributed by atoms with E-state index in [2.05, 4.69) is 74.7 Å². The number of para-hydroxylation sites is 1. The monoisotopic (exact) mass is 389 g/mol. The number of hydrogen-bond acceptors (Lipinski definition) is 4. The first-order valence-electron chi connectivity index (χ1n) is 9.95. The second kappa shape index (κ2) is 6.80. The molecule has 1 spiro atoms. The van der Waals surface area contributed by atoms with E-state index in [9.17, 15) is 4.79 Å². The van der Waals surface area contributed by atoms with Gasteiger partial charge >= 0.3 is 5.97 Å². The highest BCUT2D eigenvalue weighted by atomic mass is 16.5. The lowest BCUT2D eigenvalue weighted by Crippen LogP contribution is -2.60. The summed E-state index contributed by atoms with van der Waals surface area (Å²) in [7, 11) is 0. The van der Waals surface area contributed by atoms with Crippen molar-refractivity contribution in [3.63, 3.8) is 0 Å². The molecule has 0 fully saturated rings. The number of rotatable bonds is 4. The van der Waals surface area contributed by atoms with E-state index in [-0.39, 0.29) is 18.0 Å². The van der Waals surface area contributed by atoms with Crippen molar-refractivity contribution >= 4 is 17.7 Å². The van der Waals surface area contributed by atoms with Crippen molar-refractivity contribution in [3.05, 3.63) is 77.4 Å². The topological polar surface area (TPSA) is 38.8 Å². The zero-order chi connectivity index (χ0) is 20.8. The Bertz CT molecular complexity index is 1020. The number of benzene rings is 2. The third-order valence-electron chi connectivity index (χ3n) is 5.98. The van der Waals surface area contributed by atoms with Crippen molar-refractivity contribution in [1.29, 1.82) is 0 Å². The first-order valence-corrected chi connectivity index (χ1v) is 9.95. The van der Waals surface area contributed by atoms with E-state index in [1.54, 1.807) is 6.92 Å². The minimum Gasteiger partial charge on any atom is -0.463 e. The van der Waals surface area contributed by atoms with Gasteiger partial charge in [0.05, 0.1) is 12.0 Å². The van der Waals surface area contributed by atoms with E-state index >= 15 is 0 Å². The molecule has 0 bridgehead atoms. The molecule has 2 aromatic rings. The Kier molecular flexibility index (Phi) is 4.53. The molecule has 2 aliphatic rings. The molecule has 1 atom stereocenters. The van der Waals surface area contributed by atoms with Crippen LogP contribution in [0, 0.1) is 6.92 Å².